The Labute approximate surface area is 169 Å². The molecular weight excluding hydrogens is 362 g/mol. The fraction of sp³-hybridized carbons (Fsp3) is 0.435. The minimum Gasteiger partial charge on any atom is -0.361 e. The van der Waals surface area contributed by atoms with E-state index in [4.69, 9.17) is 0 Å². The fourth-order valence-corrected chi connectivity index (χ4v) is 6.57. The molecule has 3 aromatic rings. The number of aromatic amines is 2. The van der Waals surface area contributed by atoms with E-state index in [1.165, 1.54) is 38.5 Å². The third-order valence-corrected chi connectivity index (χ3v) is 7.41. The molecule has 0 spiro atoms. The maximum atomic E-state index is 12.6. The average Bonchev–Trinajstić information content (AvgIpc) is 3.35. The van der Waals surface area contributed by atoms with Gasteiger partial charge in [-0.3, -0.25) is 9.89 Å². The smallest absolute Gasteiger partial charge is 0.291 e. The number of carbonyl (C=O) groups excluding carboxylic acids is 1. The highest BCUT2D eigenvalue weighted by Gasteiger charge is 2.52. The summed E-state index contributed by atoms with van der Waals surface area (Å²) in [5, 5.41) is 12.7. The average molecular weight is 387 g/mol. The summed E-state index contributed by atoms with van der Waals surface area (Å²) in [4.78, 5) is 15.8. The largest absolute Gasteiger partial charge is 0.361 e. The van der Waals surface area contributed by atoms with Crippen molar-refractivity contribution in [2.75, 3.05) is 0 Å². The first-order valence-electron chi connectivity index (χ1n) is 10.6. The van der Waals surface area contributed by atoms with Crippen molar-refractivity contribution in [1.82, 2.24) is 20.6 Å². The maximum absolute atomic E-state index is 12.6. The monoisotopic (exact) mass is 387 g/mol. The highest BCUT2D eigenvalue weighted by Crippen LogP contribution is 2.60. The molecule has 4 saturated carbocycles. The van der Waals surface area contributed by atoms with Crippen molar-refractivity contribution in [2.45, 2.75) is 43.9 Å². The van der Waals surface area contributed by atoms with Crippen LogP contribution in [0, 0.1) is 17.8 Å². The van der Waals surface area contributed by atoms with Gasteiger partial charge in [-0.05, 0) is 68.4 Å². The van der Waals surface area contributed by atoms with Crippen LogP contribution >= 0.6 is 0 Å². The second-order valence-electron chi connectivity index (χ2n) is 9.35. The first kappa shape index (κ1) is 17.0. The van der Waals surface area contributed by atoms with Crippen molar-refractivity contribution in [2.24, 2.45) is 22.9 Å². The SMILES string of the molecule is O=C(N/N=C\c1c[nH]c2ccccc12)c1cc(C23CC4CC(CC(C4)C2)C3)[nH]n1. The highest BCUT2D eigenvalue weighted by atomic mass is 16.2. The molecule has 148 valence electrons. The van der Waals surface area contributed by atoms with Crippen LogP contribution in [-0.2, 0) is 5.41 Å². The summed E-state index contributed by atoms with van der Waals surface area (Å²) in [7, 11) is 0. The molecule has 7 rings (SSSR count). The number of benzene rings is 1. The molecule has 1 amide bonds. The van der Waals surface area contributed by atoms with E-state index in [1.807, 2.05) is 36.5 Å². The zero-order valence-electron chi connectivity index (χ0n) is 16.3. The van der Waals surface area contributed by atoms with Crippen LogP contribution < -0.4 is 5.43 Å². The summed E-state index contributed by atoms with van der Waals surface area (Å²) in [5.41, 5.74) is 6.41. The van der Waals surface area contributed by atoms with Crippen LogP contribution in [0.1, 0.15) is 60.3 Å². The number of rotatable bonds is 4. The van der Waals surface area contributed by atoms with E-state index in [-0.39, 0.29) is 11.3 Å². The van der Waals surface area contributed by atoms with Crippen LogP contribution in [-0.4, -0.2) is 27.3 Å². The topological polar surface area (TPSA) is 85.9 Å². The number of hydrogen-bond donors (Lipinski definition) is 3. The fourth-order valence-electron chi connectivity index (χ4n) is 6.57. The summed E-state index contributed by atoms with van der Waals surface area (Å²) in [6.07, 6.45) is 11.5. The number of hydrazone groups is 1. The summed E-state index contributed by atoms with van der Waals surface area (Å²) in [6.45, 7) is 0. The Bertz CT molecular complexity index is 1070. The van der Waals surface area contributed by atoms with Gasteiger partial charge in [0.1, 0.15) is 0 Å². The maximum Gasteiger partial charge on any atom is 0.291 e. The van der Waals surface area contributed by atoms with Gasteiger partial charge in [-0.15, -0.1) is 0 Å². The second kappa shape index (κ2) is 6.31. The lowest BCUT2D eigenvalue weighted by molar-refractivity contribution is -0.00721. The van der Waals surface area contributed by atoms with E-state index >= 15 is 0 Å². The number of para-hydroxylation sites is 1. The second-order valence-corrected chi connectivity index (χ2v) is 9.35. The van der Waals surface area contributed by atoms with Crippen molar-refractivity contribution >= 4 is 23.0 Å². The molecule has 6 heteroatoms. The van der Waals surface area contributed by atoms with Crippen molar-refractivity contribution in [3.63, 3.8) is 0 Å². The van der Waals surface area contributed by atoms with Gasteiger partial charge in [0.15, 0.2) is 5.69 Å². The van der Waals surface area contributed by atoms with Crippen molar-refractivity contribution in [1.29, 1.82) is 0 Å². The molecule has 0 radical (unpaired) electrons. The number of amides is 1. The number of hydrogen-bond acceptors (Lipinski definition) is 3. The normalized spacial score (nSPS) is 30.4. The molecule has 0 saturated heterocycles. The third-order valence-electron chi connectivity index (χ3n) is 7.41. The van der Waals surface area contributed by atoms with Gasteiger partial charge in [-0.1, -0.05) is 18.2 Å². The molecule has 4 bridgehead atoms. The molecule has 3 N–H and O–H groups in total. The molecule has 1 aromatic carbocycles. The van der Waals surface area contributed by atoms with Crippen LogP contribution in [0.15, 0.2) is 41.6 Å². The van der Waals surface area contributed by atoms with Crippen LogP contribution in [0.4, 0.5) is 0 Å². The van der Waals surface area contributed by atoms with Crippen molar-refractivity contribution in [3.8, 4) is 0 Å². The summed E-state index contributed by atoms with van der Waals surface area (Å²) in [6, 6.07) is 9.98. The van der Waals surface area contributed by atoms with Gasteiger partial charge in [-0.2, -0.15) is 10.2 Å². The first-order valence-corrected chi connectivity index (χ1v) is 10.6. The van der Waals surface area contributed by atoms with E-state index in [0.29, 0.717) is 5.69 Å². The zero-order valence-corrected chi connectivity index (χ0v) is 16.3. The Morgan fingerprint density at radius 1 is 1.14 bits per heavy atom. The Balaban J connectivity index is 1.18. The predicted octanol–water partition coefficient (Wildman–Crippen LogP) is 4.12. The molecule has 0 atom stereocenters. The van der Waals surface area contributed by atoms with Crippen molar-refractivity contribution in [3.05, 3.63) is 53.5 Å². The first-order chi connectivity index (χ1) is 14.2. The lowest BCUT2D eigenvalue weighted by Gasteiger charge is -2.56. The Morgan fingerprint density at radius 2 is 1.86 bits per heavy atom. The third kappa shape index (κ3) is 2.81. The van der Waals surface area contributed by atoms with Crippen LogP contribution in [0.25, 0.3) is 10.9 Å². The van der Waals surface area contributed by atoms with E-state index in [9.17, 15) is 4.79 Å². The lowest BCUT2D eigenvalue weighted by Crippen LogP contribution is -2.48. The van der Waals surface area contributed by atoms with E-state index in [0.717, 1.165) is 39.9 Å². The summed E-state index contributed by atoms with van der Waals surface area (Å²) < 4.78 is 0. The van der Waals surface area contributed by atoms with Gasteiger partial charge in [0, 0.05) is 33.8 Å². The van der Waals surface area contributed by atoms with Gasteiger partial charge < -0.3 is 4.98 Å². The van der Waals surface area contributed by atoms with Crippen molar-refractivity contribution < 1.29 is 4.79 Å². The molecule has 0 aliphatic heterocycles. The van der Waals surface area contributed by atoms with E-state index < -0.39 is 0 Å². The number of H-pyrrole nitrogens is 2. The van der Waals surface area contributed by atoms with Crippen LogP contribution in [0.3, 0.4) is 0 Å². The Kier molecular flexibility index (Phi) is 3.70. The van der Waals surface area contributed by atoms with Gasteiger partial charge in [0.2, 0.25) is 0 Å². The van der Waals surface area contributed by atoms with Gasteiger partial charge >= 0.3 is 0 Å². The van der Waals surface area contributed by atoms with Crippen LogP contribution in [0.5, 0.6) is 0 Å². The Hall–Kier alpha value is -2.89. The van der Waals surface area contributed by atoms with Gasteiger partial charge in [0.25, 0.3) is 5.91 Å². The quantitative estimate of drug-likeness (QED) is 0.464. The minimum atomic E-state index is -0.270. The van der Waals surface area contributed by atoms with Gasteiger partial charge in [-0.25, -0.2) is 5.43 Å². The number of nitrogens with zero attached hydrogens (tertiary/aromatic N) is 2. The Morgan fingerprint density at radius 3 is 2.62 bits per heavy atom. The molecular formula is C23H25N5O. The standard InChI is InChI=1S/C23H25N5O/c29-22(28-25-13-17-12-24-19-4-2-1-3-18(17)19)20-8-21(27-26-20)23-9-14-5-15(10-23)7-16(6-14)11-23/h1-4,8,12-16,24H,5-7,9-11H2,(H,26,27)(H,28,29)/b25-13-. The molecule has 4 fully saturated rings. The molecule has 2 aromatic heterocycles. The van der Waals surface area contributed by atoms with E-state index in [2.05, 4.69) is 25.7 Å². The molecule has 6 nitrogen and oxygen atoms in total. The molecule has 4 aliphatic rings. The number of nitrogens with one attached hydrogen (secondary N) is 3. The summed E-state index contributed by atoms with van der Waals surface area (Å²) in [5.74, 6) is 2.32. The zero-order chi connectivity index (χ0) is 19.4. The number of fused-ring (bicyclic) bond motifs is 1. The van der Waals surface area contributed by atoms with E-state index in [1.54, 1.807) is 6.21 Å². The highest BCUT2D eigenvalue weighted by molar-refractivity contribution is 5.99. The lowest BCUT2D eigenvalue weighted by atomic mass is 9.49. The molecule has 0 unspecified atom stereocenters. The number of aromatic nitrogens is 3. The van der Waals surface area contributed by atoms with Gasteiger partial charge in [0.05, 0.1) is 6.21 Å². The molecule has 2 heterocycles. The minimum absolute atomic E-state index is 0.216. The molecule has 29 heavy (non-hydrogen) atoms. The number of carbonyl (C=O) groups is 1. The predicted molar refractivity (Wildman–Crippen MR) is 112 cm³/mol. The van der Waals surface area contributed by atoms with Crippen LogP contribution in [0.2, 0.25) is 0 Å². The molecule has 4 aliphatic carbocycles. The summed E-state index contributed by atoms with van der Waals surface area (Å²) >= 11 is 0.